The van der Waals surface area contributed by atoms with Crippen LogP contribution in [0, 0.1) is 11.6 Å². The Hall–Kier alpha value is -2.78. The van der Waals surface area contributed by atoms with Crippen LogP contribution in [0.1, 0.15) is 12.5 Å². The Bertz CT molecular complexity index is 1070. The van der Waals surface area contributed by atoms with Crippen LogP contribution in [-0.2, 0) is 14.8 Å². The average Bonchev–Trinajstić information content (AvgIpc) is 2.76. The zero-order chi connectivity index (χ0) is 23.3. The van der Waals surface area contributed by atoms with Gasteiger partial charge in [0.05, 0.1) is 11.9 Å². The number of piperazine rings is 1. The molecule has 0 spiro atoms. The summed E-state index contributed by atoms with van der Waals surface area (Å²) in [6.07, 6.45) is 5.06. The van der Waals surface area contributed by atoms with E-state index < -0.39 is 27.7 Å². The number of halogens is 2. The van der Waals surface area contributed by atoms with Crippen LogP contribution in [-0.4, -0.2) is 69.1 Å². The van der Waals surface area contributed by atoms with Crippen LogP contribution in [0.3, 0.4) is 0 Å². The molecule has 9 heteroatoms. The van der Waals surface area contributed by atoms with E-state index in [2.05, 4.69) is 11.0 Å². The Morgan fingerprint density at radius 1 is 1.06 bits per heavy atom. The maximum Gasteiger partial charge on any atom is 0.246 e. The number of hydrogen-bond acceptors (Lipinski definition) is 4. The first-order chi connectivity index (χ1) is 15.2. The van der Waals surface area contributed by atoms with Crippen molar-refractivity contribution in [2.24, 2.45) is 0 Å². The van der Waals surface area contributed by atoms with Crippen LogP contribution in [0.5, 0.6) is 0 Å². The van der Waals surface area contributed by atoms with Gasteiger partial charge in [-0.15, -0.1) is 0 Å². The summed E-state index contributed by atoms with van der Waals surface area (Å²) >= 11 is 0. The molecule has 3 rings (SSSR count). The molecule has 0 saturated carbocycles. The predicted molar refractivity (Wildman–Crippen MR) is 122 cm³/mol. The highest BCUT2D eigenvalue weighted by Gasteiger charge is 2.33. The van der Waals surface area contributed by atoms with Gasteiger partial charge >= 0.3 is 0 Å². The number of benzene rings is 2. The van der Waals surface area contributed by atoms with Gasteiger partial charge in [-0.25, -0.2) is 17.2 Å². The number of anilines is 1. The first kappa shape index (κ1) is 23.9. The van der Waals surface area contributed by atoms with Gasteiger partial charge in [0.1, 0.15) is 6.04 Å². The van der Waals surface area contributed by atoms with E-state index in [4.69, 9.17) is 0 Å². The Balaban J connectivity index is 1.62. The summed E-state index contributed by atoms with van der Waals surface area (Å²) in [7, 11) is -3.90. The van der Waals surface area contributed by atoms with Crippen molar-refractivity contribution >= 4 is 27.7 Å². The van der Waals surface area contributed by atoms with Crippen molar-refractivity contribution < 1.29 is 22.0 Å². The minimum atomic E-state index is -3.90. The standard InChI is InChI=1S/C23H27F2N3O3S/c1-18(28(32(2,30)31)20-10-11-21(24)22(25)17-20)23(29)27-15-13-26(14-16-27)12-6-9-19-7-4-3-5-8-19/h3-11,17-18H,12-16H2,1-2H3/b9-6+/t18-/m0/s1. The summed E-state index contributed by atoms with van der Waals surface area (Å²) in [6.45, 7) is 4.43. The molecular formula is C23H27F2N3O3S. The highest BCUT2D eigenvalue weighted by molar-refractivity contribution is 7.92. The first-order valence-electron chi connectivity index (χ1n) is 10.3. The van der Waals surface area contributed by atoms with Gasteiger partial charge < -0.3 is 4.90 Å². The van der Waals surface area contributed by atoms with Crippen LogP contribution in [0.15, 0.2) is 54.6 Å². The van der Waals surface area contributed by atoms with Gasteiger partial charge in [-0.3, -0.25) is 14.0 Å². The van der Waals surface area contributed by atoms with E-state index in [1.54, 1.807) is 4.90 Å². The number of nitrogens with zero attached hydrogens (tertiary/aromatic N) is 3. The largest absolute Gasteiger partial charge is 0.338 e. The van der Waals surface area contributed by atoms with E-state index in [0.717, 1.165) is 40.9 Å². The second-order valence-electron chi connectivity index (χ2n) is 7.77. The normalized spacial score (nSPS) is 16.3. The number of sulfonamides is 1. The Morgan fingerprint density at radius 3 is 2.31 bits per heavy atom. The maximum absolute atomic E-state index is 13.7. The fraction of sp³-hybridized carbons (Fsp3) is 0.348. The molecule has 172 valence electrons. The molecule has 2 aromatic carbocycles. The third-order valence-electron chi connectivity index (χ3n) is 5.38. The lowest BCUT2D eigenvalue weighted by Gasteiger charge is -2.37. The molecule has 0 aliphatic carbocycles. The van der Waals surface area contributed by atoms with Gasteiger partial charge in [0.2, 0.25) is 15.9 Å². The molecule has 1 aliphatic heterocycles. The van der Waals surface area contributed by atoms with Crippen LogP contribution < -0.4 is 4.31 Å². The van der Waals surface area contributed by atoms with Gasteiger partial charge in [-0.1, -0.05) is 42.5 Å². The van der Waals surface area contributed by atoms with Crippen molar-refractivity contribution in [2.45, 2.75) is 13.0 Å². The molecule has 1 amide bonds. The Labute approximate surface area is 187 Å². The molecule has 0 unspecified atom stereocenters. The van der Waals surface area contributed by atoms with Gasteiger partial charge in [0, 0.05) is 38.8 Å². The molecular weight excluding hydrogens is 436 g/mol. The molecule has 1 fully saturated rings. The highest BCUT2D eigenvalue weighted by atomic mass is 32.2. The molecule has 6 nitrogen and oxygen atoms in total. The SMILES string of the molecule is C[C@@H](C(=O)N1CCN(C/C=C/c2ccccc2)CC1)N(c1ccc(F)c(F)c1)S(C)(=O)=O. The van der Waals surface area contributed by atoms with Gasteiger partial charge in [0.15, 0.2) is 11.6 Å². The maximum atomic E-state index is 13.7. The molecule has 0 N–H and O–H groups in total. The summed E-state index contributed by atoms with van der Waals surface area (Å²) in [5.41, 5.74) is 1.03. The topological polar surface area (TPSA) is 60.9 Å². The Kier molecular flexibility index (Phi) is 7.63. The van der Waals surface area contributed by atoms with Crippen molar-refractivity contribution in [1.82, 2.24) is 9.80 Å². The van der Waals surface area contributed by atoms with Crippen molar-refractivity contribution in [3.8, 4) is 0 Å². The van der Waals surface area contributed by atoms with Crippen molar-refractivity contribution in [2.75, 3.05) is 43.3 Å². The van der Waals surface area contributed by atoms with E-state index in [-0.39, 0.29) is 11.6 Å². The zero-order valence-corrected chi connectivity index (χ0v) is 18.9. The molecule has 1 atom stereocenters. The van der Waals surface area contributed by atoms with Gasteiger partial charge in [0.25, 0.3) is 0 Å². The summed E-state index contributed by atoms with van der Waals surface area (Å²) in [5.74, 6) is -2.63. The van der Waals surface area contributed by atoms with E-state index in [1.807, 2.05) is 36.4 Å². The van der Waals surface area contributed by atoms with Crippen LogP contribution in [0.4, 0.5) is 14.5 Å². The molecule has 32 heavy (non-hydrogen) atoms. The summed E-state index contributed by atoms with van der Waals surface area (Å²) in [4.78, 5) is 16.9. The second-order valence-corrected chi connectivity index (χ2v) is 9.63. The average molecular weight is 464 g/mol. The minimum Gasteiger partial charge on any atom is -0.338 e. The lowest BCUT2D eigenvalue weighted by molar-refractivity contribution is -0.133. The monoisotopic (exact) mass is 463 g/mol. The van der Waals surface area contributed by atoms with E-state index in [1.165, 1.54) is 6.92 Å². The summed E-state index contributed by atoms with van der Waals surface area (Å²) < 4.78 is 52.6. The molecule has 2 aromatic rings. The van der Waals surface area contributed by atoms with E-state index >= 15 is 0 Å². The predicted octanol–water partition coefficient (Wildman–Crippen LogP) is 2.98. The molecule has 0 bridgehead atoms. The third-order valence-corrected chi connectivity index (χ3v) is 6.62. The summed E-state index contributed by atoms with van der Waals surface area (Å²) in [5, 5.41) is 0. The van der Waals surface area contributed by atoms with Crippen LogP contribution in [0.2, 0.25) is 0 Å². The van der Waals surface area contributed by atoms with Gasteiger partial charge in [-0.2, -0.15) is 0 Å². The second kappa shape index (κ2) is 10.2. The first-order valence-corrected chi connectivity index (χ1v) is 12.2. The molecule has 1 saturated heterocycles. The minimum absolute atomic E-state index is 0.0862. The summed E-state index contributed by atoms with van der Waals surface area (Å²) in [6, 6.07) is 11.7. The highest BCUT2D eigenvalue weighted by Crippen LogP contribution is 2.24. The van der Waals surface area contributed by atoms with Crippen molar-refractivity contribution in [3.05, 3.63) is 71.8 Å². The lowest BCUT2D eigenvalue weighted by Crippen LogP contribution is -2.55. The molecule has 0 aromatic heterocycles. The van der Waals surface area contributed by atoms with E-state index in [0.29, 0.717) is 26.2 Å². The number of amides is 1. The molecule has 0 radical (unpaired) electrons. The quantitative estimate of drug-likeness (QED) is 0.634. The smallest absolute Gasteiger partial charge is 0.246 e. The van der Waals surface area contributed by atoms with Crippen LogP contribution in [0.25, 0.3) is 6.08 Å². The fourth-order valence-electron chi connectivity index (χ4n) is 3.74. The number of carbonyl (C=O) groups excluding carboxylic acids is 1. The number of carbonyl (C=O) groups is 1. The Morgan fingerprint density at radius 2 is 1.72 bits per heavy atom. The van der Waals surface area contributed by atoms with Gasteiger partial charge in [-0.05, 0) is 24.6 Å². The fourth-order valence-corrected chi connectivity index (χ4v) is 4.90. The number of hydrogen-bond donors (Lipinski definition) is 0. The van der Waals surface area contributed by atoms with Crippen molar-refractivity contribution in [1.29, 1.82) is 0 Å². The van der Waals surface area contributed by atoms with Crippen LogP contribution >= 0.6 is 0 Å². The molecule has 1 heterocycles. The third kappa shape index (κ3) is 5.92. The zero-order valence-electron chi connectivity index (χ0n) is 18.1. The number of rotatable bonds is 7. The lowest BCUT2D eigenvalue weighted by atomic mass is 10.2. The molecule has 1 aliphatic rings. The van der Waals surface area contributed by atoms with Crippen molar-refractivity contribution in [3.63, 3.8) is 0 Å². The van der Waals surface area contributed by atoms with E-state index in [9.17, 15) is 22.0 Å².